The highest BCUT2D eigenvalue weighted by atomic mass is 16.4. The molecule has 0 radical (unpaired) electrons. The minimum atomic E-state index is -1.82. The van der Waals surface area contributed by atoms with Crippen molar-refractivity contribution in [1.82, 2.24) is 0 Å². The summed E-state index contributed by atoms with van der Waals surface area (Å²) in [7, 11) is 0. The third-order valence-electron chi connectivity index (χ3n) is 1.26. The van der Waals surface area contributed by atoms with E-state index >= 15 is 0 Å². The molecule has 0 aliphatic carbocycles. The normalized spacial score (nSPS) is 11.1. The smallest absolute Gasteiger partial charge is 0.414 e. The van der Waals surface area contributed by atoms with Crippen molar-refractivity contribution in [2.45, 2.75) is 32.3 Å². The summed E-state index contributed by atoms with van der Waals surface area (Å²) in [6, 6.07) is 0. The topological polar surface area (TPSA) is 121 Å². The average molecular weight is 207 g/mol. The van der Waals surface area contributed by atoms with Crippen molar-refractivity contribution in [3.05, 3.63) is 0 Å². The van der Waals surface area contributed by atoms with Gasteiger partial charge in [0.2, 0.25) is 0 Å². The molecule has 84 valence electrons. The van der Waals surface area contributed by atoms with E-state index in [9.17, 15) is 0 Å². The van der Waals surface area contributed by atoms with Crippen molar-refractivity contribution in [3.63, 3.8) is 0 Å². The number of carboxylic acids is 2. The van der Waals surface area contributed by atoms with E-state index in [0.717, 1.165) is 25.8 Å². The van der Waals surface area contributed by atoms with Gasteiger partial charge in [-0.15, -0.1) is 0 Å². The molecule has 0 fully saturated rings. The van der Waals surface area contributed by atoms with E-state index in [2.05, 4.69) is 0 Å². The van der Waals surface area contributed by atoms with Gasteiger partial charge >= 0.3 is 11.9 Å². The maximum absolute atomic E-state index is 9.10. The fourth-order valence-corrected chi connectivity index (χ4v) is 0.584. The molecule has 0 aliphatic rings. The summed E-state index contributed by atoms with van der Waals surface area (Å²) in [5.41, 5.74) is 5.23. The van der Waals surface area contributed by atoms with E-state index in [-0.39, 0.29) is 6.10 Å². The van der Waals surface area contributed by atoms with Crippen LogP contribution < -0.4 is 5.73 Å². The Labute approximate surface area is 82.3 Å². The van der Waals surface area contributed by atoms with E-state index in [1.165, 1.54) is 0 Å². The van der Waals surface area contributed by atoms with E-state index in [1.807, 2.05) is 0 Å². The Morgan fingerprint density at radius 3 is 1.86 bits per heavy atom. The Morgan fingerprint density at radius 1 is 1.21 bits per heavy atom. The third kappa shape index (κ3) is 17.1. The number of unbranched alkanes of at least 4 members (excludes halogenated alkanes) is 1. The molecule has 0 aliphatic heterocycles. The number of aliphatic hydroxyl groups excluding tert-OH is 1. The van der Waals surface area contributed by atoms with Gasteiger partial charge in [0.1, 0.15) is 0 Å². The van der Waals surface area contributed by atoms with Crippen LogP contribution in [0.3, 0.4) is 0 Å². The molecule has 5 N–H and O–H groups in total. The van der Waals surface area contributed by atoms with Gasteiger partial charge in [0.05, 0.1) is 6.10 Å². The number of nitrogens with two attached hydrogens (primary N) is 1. The van der Waals surface area contributed by atoms with Crippen LogP contribution in [-0.2, 0) is 9.59 Å². The maximum atomic E-state index is 9.10. The van der Waals surface area contributed by atoms with E-state index in [0.29, 0.717) is 0 Å². The first-order valence-electron chi connectivity index (χ1n) is 4.26. The summed E-state index contributed by atoms with van der Waals surface area (Å²) < 4.78 is 0. The summed E-state index contributed by atoms with van der Waals surface area (Å²) in [5, 5.41) is 23.5. The summed E-state index contributed by atoms with van der Waals surface area (Å²) >= 11 is 0. The van der Waals surface area contributed by atoms with Gasteiger partial charge in [-0.25, -0.2) is 9.59 Å². The van der Waals surface area contributed by atoms with E-state index in [1.54, 1.807) is 6.92 Å². The zero-order valence-electron chi connectivity index (χ0n) is 8.14. The number of aliphatic carboxylic acids is 2. The Bertz CT molecular complexity index is 157. The van der Waals surface area contributed by atoms with Crippen LogP contribution >= 0.6 is 0 Å². The van der Waals surface area contributed by atoms with Crippen LogP contribution in [0.2, 0.25) is 0 Å². The van der Waals surface area contributed by atoms with Crippen LogP contribution in [0.4, 0.5) is 0 Å². The van der Waals surface area contributed by atoms with Gasteiger partial charge in [0.25, 0.3) is 0 Å². The van der Waals surface area contributed by atoms with Crippen molar-refractivity contribution in [2.24, 2.45) is 5.73 Å². The molecule has 0 amide bonds. The largest absolute Gasteiger partial charge is 0.473 e. The maximum Gasteiger partial charge on any atom is 0.414 e. The van der Waals surface area contributed by atoms with Crippen molar-refractivity contribution in [3.8, 4) is 0 Å². The number of carboxylic acid groups (broad SMARTS) is 2. The molecule has 0 aromatic heterocycles. The second kappa shape index (κ2) is 9.94. The lowest BCUT2D eigenvalue weighted by Gasteiger charge is -2.00. The number of hydrogen-bond donors (Lipinski definition) is 4. The minimum absolute atomic E-state index is 0.151. The van der Waals surface area contributed by atoms with Gasteiger partial charge in [0, 0.05) is 0 Å². The summed E-state index contributed by atoms with van der Waals surface area (Å²) in [4.78, 5) is 18.2. The molecule has 0 bridgehead atoms. The standard InChI is InChI=1S/C6H15NO.C2H2O4/c1-6(8)4-2-3-5-7;3-1(4)2(5)6/h6,8H,2-5,7H2,1H3;(H,3,4)(H,5,6)/t6-;/m1./s1. The van der Waals surface area contributed by atoms with Crippen LogP contribution in [0.15, 0.2) is 0 Å². The molecular formula is C8H17NO5. The number of aliphatic hydroxyl groups is 1. The molecular weight excluding hydrogens is 190 g/mol. The molecule has 0 saturated carbocycles. The monoisotopic (exact) mass is 207 g/mol. The molecule has 0 aromatic carbocycles. The van der Waals surface area contributed by atoms with Gasteiger partial charge in [-0.05, 0) is 32.7 Å². The summed E-state index contributed by atoms with van der Waals surface area (Å²) in [6.45, 7) is 2.54. The molecule has 14 heavy (non-hydrogen) atoms. The van der Waals surface area contributed by atoms with Crippen molar-refractivity contribution in [2.75, 3.05) is 6.54 Å². The third-order valence-corrected chi connectivity index (χ3v) is 1.26. The van der Waals surface area contributed by atoms with Crippen LogP contribution in [0, 0.1) is 0 Å². The van der Waals surface area contributed by atoms with Gasteiger partial charge in [-0.3, -0.25) is 0 Å². The Morgan fingerprint density at radius 2 is 1.64 bits per heavy atom. The Balaban J connectivity index is 0. The molecule has 0 saturated heterocycles. The van der Waals surface area contributed by atoms with Gasteiger partial charge in [0.15, 0.2) is 0 Å². The number of carbonyl (C=O) groups is 2. The van der Waals surface area contributed by atoms with E-state index in [4.69, 9.17) is 30.6 Å². The summed E-state index contributed by atoms with van der Waals surface area (Å²) in [5.74, 6) is -3.65. The molecule has 0 spiro atoms. The van der Waals surface area contributed by atoms with Crippen LogP contribution in [-0.4, -0.2) is 39.9 Å². The fourth-order valence-electron chi connectivity index (χ4n) is 0.584. The Hall–Kier alpha value is -1.14. The fraction of sp³-hybridized carbons (Fsp3) is 0.750. The predicted octanol–water partition coefficient (Wildman–Crippen LogP) is -0.348. The first-order valence-corrected chi connectivity index (χ1v) is 4.26. The van der Waals surface area contributed by atoms with Crippen molar-refractivity contribution >= 4 is 11.9 Å². The molecule has 0 unspecified atom stereocenters. The van der Waals surface area contributed by atoms with Gasteiger partial charge in [-0.2, -0.15) is 0 Å². The second-order valence-corrected chi connectivity index (χ2v) is 2.74. The van der Waals surface area contributed by atoms with Gasteiger partial charge < -0.3 is 21.1 Å². The molecule has 6 nitrogen and oxygen atoms in total. The Kier molecular flexibility index (Phi) is 10.9. The molecule has 1 atom stereocenters. The first kappa shape index (κ1) is 15.3. The predicted molar refractivity (Wildman–Crippen MR) is 49.9 cm³/mol. The molecule has 0 heterocycles. The number of hydrogen-bond acceptors (Lipinski definition) is 4. The highest BCUT2D eigenvalue weighted by Gasteiger charge is 2.04. The summed E-state index contributed by atoms with van der Waals surface area (Å²) in [6.07, 6.45) is 2.82. The van der Waals surface area contributed by atoms with E-state index < -0.39 is 11.9 Å². The van der Waals surface area contributed by atoms with Crippen LogP contribution in [0.5, 0.6) is 0 Å². The molecule has 0 rings (SSSR count). The highest BCUT2D eigenvalue weighted by Crippen LogP contribution is 1.97. The SMILES string of the molecule is C[C@@H](O)CCCCN.O=C(O)C(=O)O. The van der Waals surface area contributed by atoms with Crippen molar-refractivity contribution < 1.29 is 24.9 Å². The second-order valence-electron chi connectivity index (χ2n) is 2.74. The molecule has 6 heteroatoms. The average Bonchev–Trinajstić information content (AvgIpc) is 2.05. The highest BCUT2D eigenvalue weighted by molar-refractivity contribution is 6.27. The minimum Gasteiger partial charge on any atom is -0.473 e. The van der Waals surface area contributed by atoms with Crippen molar-refractivity contribution in [1.29, 1.82) is 0 Å². The number of rotatable bonds is 4. The zero-order valence-corrected chi connectivity index (χ0v) is 8.14. The zero-order chi connectivity index (χ0) is 11.6. The molecule has 0 aromatic rings. The van der Waals surface area contributed by atoms with Crippen LogP contribution in [0.1, 0.15) is 26.2 Å². The quantitative estimate of drug-likeness (QED) is 0.369. The lowest BCUT2D eigenvalue weighted by atomic mass is 10.2. The first-order chi connectivity index (χ1) is 6.41. The lowest BCUT2D eigenvalue weighted by molar-refractivity contribution is -0.159. The lowest BCUT2D eigenvalue weighted by Crippen LogP contribution is -2.09. The van der Waals surface area contributed by atoms with Crippen LogP contribution in [0.25, 0.3) is 0 Å². The van der Waals surface area contributed by atoms with Gasteiger partial charge in [-0.1, -0.05) is 0 Å².